The molecule has 3 aromatic rings. The van der Waals surface area contributed by atoms with E-state index >= 15 is 0 Å². The minimum absolute atomic E-state index is 0.0528. The van der Waals surface area contributed by atoms with Crippen molar-refractivity contribution in [2.45, 2.75) is 31.5 Å². The van der Waals surface area contributed by atoms with Crippen LogP contribution in [0.5, 0.6) is 5.75 Å². The van der Waals surface area contributed by atoms with Crippen LogP contribution in [0.3, 0.4) is 0 Å². The molecule has 0 saturated carbocycles. The van der Waals surface area contributed by atoms with Crippen molar-refractivity contribution in [2.24, 2.45) is 0 Å². The Hall–Kier alpha value is -3.67. The van der Waals surface area contributed by atoms with Crippen LogP contribution >= 0.6 is 0 Å². The van der Waals surface area contributed by atoms with Crippen LogP contribution in [0.2, 0.25) is 0 Å². The lowest BCUT2D eigenvalue weighted by atomic mass is 10.1. The van der Waals surface area contributed by atoms with Crippen molar-refractivity contribution in [1.82, 2.24) is 9.88 Å². The number of pyridine rings is 1. The summed E-state index contributed by atoms with van der Waals surface area (Å²) < 4.78 is 6.27. The normalized spacial score (nSPS) is 19.9. The zero-order valence-electron chi connectivity index (χ0n) is 17.1. The molecule has 31 heavy (non-hydrogen) atoms. The van der Waals surface area contributed by atoms with Gasteiger partial charge >= 0.3 is 0 Å². The van der Waals surface area contributed by atoms with E-state index in [1.807, 2.05) is 66.7 Å². The van der Waals surface area contributed by atoms with E-state index in [0.29, 0.717) is 25.3 Å². The zero-order valence-corrected chi connectivity index (χ0v) is 17.1. The Morgan fingerprint density at radius 1 is 1.00 bits per heavy atom. The number of rotatable bonds is 4. The largest absolute Gasteiger partial charge is 0.486 e. The van der Waals surface area contributed by atoms with Crippen LogP contribution in [-0.2, 0) is 22.6 Å². The van der Waals surface area contributed by atoms with Crippen LogP contribution in [-0.4, -0.2) is 40.4 Å². The van der Waals surface area contributed by atoms with Gasteiger partial charge in [-0.3, -0.25) is 14.6 Å². The first-order valence-electron chi connectivity index (χ1n) is 10.5. The lowest BCUT2D eigenvalue weighted by molar-refractivity contribution is -0.137. The Balaban J connectivity index is 1.47. The Morgan fingerprint density at radius 2 is 1.77 bits per heavy atom. The van der Waals surface area contributed by atoms with E-state index in [9.17, 15) is 9.59 Å². The molecule has 2 bridgehead atoms. The number of carbonyl (C=O) groups is 2. The van der Waals surface area contributed by atoms with E-state index in [4.69, 9.17) is 4.74 Å². The molecule has 5 rings (SSSR count). The molecule has 0 spiro atoms. The maximum atomic E-state index is 13.7. The molecule has 6 heteroatoms. The molecule has 2 aliphatic heterocycles. The van der Waals surface area contributed by atoms with Gasteiger partial charge in [-0.2, -0.15) is 0 Å². The van der Waals surface area contributed by atoms with Gasteiger partial charge in [-0.25, -0.2) is 0 Å². The number of ether oxygens (including phenoxy) is 1. The minimum atomic E-state index is -0.536. The topological polar surface area (TPSA) is 62.7 Å². The molecule has 0 radical (unpaired) electrons. The summed E-state index contributed by atoms with van der Waals surface area (Å²) in [5.74, 6) is 0.534. The number of hydrogen-bond donors (Lipinski definition) is 0. The van der Waals surface area contributed by atoms with Crippen molar-refractivity contribution >= 4 is 17.5 Å². The molecule has 156 valence electrons. The van der Waals surface area contributed by atoms with Crippen LogP contribution in [0.25, 0.3) is 0 Å². The minimum Gasteiger partial charge on any atom is -0.486 e. The number of carbonyl (C=O) groups excluding carboxylic acids is 2. The smallest absolute Gasteiger partial charge is 0.250 e. The monoisotopic (exact) mass is 413 g/mol. The van der Waals surface area contributed by atoms with Gasteiger partial charge in [0.2, 0.25) is 11.8 Å². The summed E-state index contributed by atoms with van der Waals surface area (Å²) in [5, 5.41) is 0. The summed E-state index contributed by atoms with van der Waals surface area (Å²) in [6, 6.07) is 20.5. The third-order valence-corrected chi connectivity index (χ3v) is 5.85. The molecule has 1 aromatic heterocycles. The second kappa shape index (κ2) is 8.22. The fourth-order valence-corrected chi connectivity index (χ4v) is 4.36. The predicted molar refractivity (Wildman–Crippen MR) is 117 cm³/mol. The first-order chi connectivity index (χ1) is 15.2. The number of para-hydroxylation sites is 2. The van der Waals surface area contributed by atoms with Gasteiger partial charge in [0.15, 0.2) is 0 Å². The van der Waals surface area contributed by atoms with Crippen LogP contribution in [0.4, 0.5) is 5.69 Å². The van der Waals surface area contributed by atoms with Gasteiger partial charge < -0.3 is 14.5 Å². The standard InChI is InChI=1S/C25H23N3O3/c29-24(13-18-7-2-1-3-8-18)27-17-20-14-22(27)25(30)28(16-19-9-6-12-26-15-19)21-10-4-5-11-23(21)31-20/h1-12,15,20,22H,13-14,16-17H2. The van der Waals surface area contributed by atoms with E-state index in [1.165, 1.54) is 0 Å². The molecular weight excluding hydrogens is 390 g/mol. The average molecular weight is 413 g/mol. The maximum Gasteiger partial charge on any atom is 0.250 e. The van der Waals surface area contributed by atoms with Gasteiger partial charge in [0.1, 0.15) is 17.9 Å². The highest BCUT2D eigenvalue weighted by molar-refractivity contribution is 6.01. The molecule has 0 N–H and O–H groups in total. The van der Waals surface area contributed by atoms with E-state index < -0.39 is 6.04 Å². The summed E-state index contributed by atoms with van der Waals surface area (Å²) in [6.07, 6.45) is 4.03. The summed E-state index contributed by atoms with van der Waals surface area (Å²) in [6.45, 7) is 0.784. The van der Waals surface area contributed by atoms with E-state index in [2.05, 4.69) is 4.98 Å². The number of amides is 2. The van der Waals surface area contributed by atoms with Crippen molar-refractivity contribution in [3.63, 3.8) is 0 Å². The molecule has 2 amide bonds. The SMILES string of the molecule is O=C1C2CC(CN2C(=O)Cc2ccccc2)Oc2ccccc2N1Cc1cccnc1. The summed E-state index contributed by atoms with van der Waals surface area (Å²) >= 11 is 0. The van der Waals surface area contributed by atoms with Gasteiger partial charge in [0.05, 0.1) is 25.2 Å². The Labute approximate surface area is 181 Å². The van der Waals surface area contributed by atoms with E-state index in [0.717, 1.165) is 16.8 Å². The lowest BCUT2D eigenvalue weighted by Crippen LogP contribution is -2.48. The molecule has 2 atom stereocenters. The molecular formula is C25H23N3O3. The molecule has 2 aliphatic rings. The zero-order chi connectivity index (χ0) is 21.2. The van der Waals surface area contributed by atoms with E-state index in [1.54, 1.807) is 22.2 Å². The second-order valence-electron chi connectivity index (χ2n) is 7.95. The van der Waals surface area contributed by atoms with Gasteiger partial charge in [-0.05, 0) is 29.3 Å². The number of anilines is 1. The lowest BCUT2D eigenvalue weighted by Gasteiger charge is -2.31. The van der Waals surface area contributed by atoms with Gasteiger partial charge in [-0.1, -0.05) is 48.5 Å². The quantitative estimate of drug-likeness (QED) is 0.659. The molecule has 6 nitrogen and oxygen atoms in total. The first kappa shape index (κ1) is 19.3. The van der Waals surface area contributed by atoms with Gasteiger partial charge in [0.25, 0.3) is 0 Å². The highest BCUT2D eigenvalue weighted by Gasteiger charge is 2.44. The fourth-order valence-electron chi connectivity index (χ4n) is 4.36. The molecule has 2 aromatic carbocycles. The van der Waals surface area contributed by atoms with Crippen molar-refractivity contribution in [2.75, 3.05) is 11.4 Å². The van der Waals surface area contributed by atoms with Gasteiger partial charge in [-0.15, -0.1) is 0 Å². The van der Waals surface area contributed by atoms with Crippen LogP contribution in [0, 0.1) is 0 Å². The van der Waals surface area contributed by atoms with Crippen molar-refractivity contribution in [3.8, 4) is 5.75 Å². The summed E-state index contributed by atoms with van der Waals surface area (Å²) in [4.78, 5) is 34.5. The Morgan fingerprint density at radius 3 is 2.58 bits per heavy atom. The van der Waals surface area contributed by atoms with Crippen LogP contribution in [0.1, 0.15) is 17.5 Å². The Kier molecular flexibility index (Phi) is 5.12. The second-order valence-corrected chi connectivity index (χ2v) is 7.95. The Bertz CT molecular complexity index is 1090. The van der Waals surface area contributed by atoms with Crippen LogP contribution in [0.15, 0.2) is 79.1 Å². The average Bonchev–Trinajstić information content (AvgIpc) is 3.23. The highest BCUT2D eigenvalue weighted by atomic mass is 16.5. The van der Waals surface area contributed by atoms with Crippen molar-refractivity contribution in [3.05, 3.63) is 90.3 Å². The summed E-state index contributed by atoms with van der Waals surface area (Å²) in [7, 11) is 0. The third-order valence-electron chi connectivity index (χ3n) is 5.85. The number of hydrogen-bond acceptors (Lipinski definition) is 4. The molecule has 1 fully saturated rings. The summed E-state index contributed by atoms with van der Waals surface area (Å²) in [5.41, 5.74) is 2.58. The highest BCUT2D eigenvalue weighted by Crippen LogP contribution is 2.37. The van der Waals surface area contributed by atoms with E-state index in [-0.39, 0.29) is 24.3 Å². The number of aromatic nitrogens is 1. The molecule has 3 heterocycles. The third kappa shape index (κ3) is 3.89. The molecule has 1 saturated heterocycles. The number of fused-ring (bicyclic) bond motifs is 3. The maximum absolute atomic E-state index is 13.7. The number of benzene rings is 2. The number of likely N-dealkylation sites (tertiary alicyclic amines) is 1. The van der Waals surface area contributed by atoms with Crippen molar-refractivity contribution in [1.29, 1.82) is 0 Å². The molecule has 0 aliphatic carbocycles. The first-order valence-corrected chi connectivity index (χ1v) is 10.5. The number of nitrogens with zero attached hydrogens (tertiary/aromatic N) is 3. The predicted octanol–water partition coefficient (Wildman–Crippen LogP) is 3.22. The molecule has 2 unspecified atom stereocenters. The van der Waals surface area contributed by atoms with Crippen molar-refractivity contribution < 1.29 is 14.3 Å². The fraction of sp³-hybridized carbons (Fsp3) is 0.240. The van der Waals surface area contributed by atoms with Gasteiger partial charge in [0, 0.05) is 18.8 Å². The van der Waals surface area contributed by atoms with Crippen LogP contribution < -0.4 is 9.64 Å².